The Labute approximate surface area is 165 Å². The zero-order chi connectivity index (χ0) is 19.9. The fourth-order valence-electron chi connectivity index (χ4n) is 2.99. The molecule has 142 valence electrons. The molecule has 0 aliphatic heterocycles. The van der Waals surface area contributed by atoms with E-state index in [1.807, 2.05) is 74.5 Å². The number of carbonyl (C=O) groups excluding carboxylic acids is 2. The number of amides is 2. The lowest BCUT2D eigenvalue weighted by Crippen LogP contribution is -2.30. The molecule has 2 amide bonds. The van der Waals surface area contributed by atoms with Crippen LogP contribution in [0.5, 0.6) is 0 Å². The molecule has 0 bridgehead atoms. The van der Waals surface area contributed by atoms with Gasteiger partial charge in [0.15, 0.2) is 0 Å². The third-order valence-electron chi connectivity index (χ3n) is 4.65. The highest BCUT2D eigenvalue weighted by molar-refractivity contribution is 6.05. The number of hydrogen-bond acceptors (Lipinski definition) is 2. The molecule has 4 heteroatoms. The van der Waals surface area contributed by atoms with Crippen LogP contribution in [-0.2, 0) is 6.54 Å². The summed E-state index contributed by atoms with van der Waals surface area (Å²) in [7, 11) is 0. The molecule has 0 fully saturated rings. The van der Waals surface area contributed by atoms with E-state index in [4.69, 9.17) is 0 Å². The summed E-state index contributed by atoms with van der Waals surface area (Å²) in [6.45, 7) is 5.03. The molecule has 0 atom stereocenters. The normalized spacial score (nSPS) is 10.4. The maximum atomic E-state index is 13.0. The molecule has 3 aromatic rings. The number of hydrogen-bond donors (Lipinski definition) is 1. The predicted octanol–water partition coefficient (Wildman–Crippen LogP) is 4.91. The molecule has 0 aliphatic rings. The van der Waals surface area contributed by atoms with Crippen molar-refractivity contribution in [2.24, 2.45) is 0 Å². The van der Waals surface area contributed by atoms with Crippen molar-refractivity contribution in [2.75, 3.05) is 11.9 Å². The molecule has 28 heavy (non-hydrogen) atoms. The Bertz CT molecular complexity index is 953. The predicted molar refractivity (Wildman–Crippen MR) is 112 cm³/mol. The van der Waals surface area contributed by atoms with Crippen molar-refractivity contribution >= 4 is 17.5 Å². The van der Waals surface area contributed by atoms with Gasteiger partial charge in [-0.25, -0.2) is 0 Å². The SMILES string of the molecule is CCN(Cc1ccccc1)C(=O)c1ccc(C)c(NC(=O)c2ccccc2)c1. The quantitative estimate of drug-likeness (QED) is 0.668. The van der Waals surface area contributed by atoms with Crippen LogP contribution in [0.1, 0.15) is 38.8 Å². The van der Waals surface area contributed by atoms with Crippen molar-refractivity contribution in [3.8, 4) is 0 Å². The van der Waals surface area contributed by atoms with E-state index in [0.29, 0.717) is 29.9 Å². The average Bonchev–Trinajstić information content (AvgIpc) is 2.74. The zero-order valence-electron chi connectivity index (χ0n) is 16.2. The fourth-order valence-corrected chi connectivity index (χ4v) is 2.99. The van der Waals surface area contributed by atoms with Gasteiger partial charge in [0.2, 0.25) is 0 Å². The van der Waals surface area contributed by atoms with Crippen LogP contribution in [0.15, 0.2) is 78.9 Å². The summed E-state index contributed by atoms with van der Waals surface area (Å²) in [5.41, 5.74) is 3.79. The first-order chi connectivity index (χ1) is 13.6. The minimum atomic E-state index is -0.190. The van der Waals surface area contributed by atoms with Crippen LogP contribution in [0.2, 0.25) is 0 Å². The minimum Gasteiger partial charge on any atom is -0.335 e. The van der Waals surface area contributed by atoms with Crippen LogP contribution < -0.4 is 5.32 Å². The van der Waals surface area contributed by atoms with Crippen molar-refractivity contribution in [2.45, 2.75) is 20.4 Å². The van der Waals surface area contributed by atoms with E-state index in [1.165, 1.54) is 0 Å². The molecule has 0 unspecified atom stereocenters. The van der Waals surface area contributed by atoms with Gasteiger partial charge in [-0.1, -0.05) is 54.6 Å². The van der Waals surface area contributed by atoms with E-state index in [2.05, 4.69) is 5.32 Å². The first-order valence-electron chi connectivity index (χ1n) is 9.38. The zero-order valence-corrected chi connectivity index (χ0v) is 16.2. The van der Waals surface area contributed by atoms with E-state index in [-0.39, 0.29) is 11.8 Å². The van der Waals surface area contributed by atoms with Crippen LogP contribution >= 0.6 is 0 Å². The Hall–Kier alpha value is -3.40. The van der Waals surface area contributed by atoms with Crippen LogP contribution in [0.25, 0.3) is 0 Å². The van der Waals surface area contributed by atoms with Crippen molar-refractivity contribution in [1.82, 2.24) is 4.90 Å². The highest BCUT2D eigenvalue weighted by Crippen LogP contribution is 2.20. The number of anilines is 1. The number of nitrogens with zero attached hydrogens (tertiary/aromatic N) is 1. The Kier molecular flexibility index (Phi) is 6.22. The molecule has 1 N–H and O–H groups in total. The highest BCUT2D eigenvalue weighted by Gasteiger charge is 2.16. The second-order valence-electron chi connectivity index (χ2n) is 6.65. The number of nitrogens with one attached hydrogen (secondary N) is 1. The van der Waals surface area contributed by atoms with Gasteiger partial charge < -0.3 is 10.2 Å². The van der Waals surface area contributed by atoms with E-state index >= 15 is 0 Å². The molecule has 4 nitrogen and oxygen atoms in total. The summed E-state index contributed by atoms with van der Waals surface area (Å²) in [4.78, 5) is 27.3. The molecule has 0 saturated carbocycles. The highest BCUT2D eigenvalue weighted by atomic mass is 16.2. The molecule has 0 radical (unpaired) electrons. The summed E-state index contributed by atoms with van der Waals surface area (Å²) in [6.07, 6.45) is 0. The summed E-state index contributed by atoms with van der Waals surface area (Å²) in [5, 5.41) is 2.92. The lowest BCUT2D eigenvalue weighted by atomic mass is 10.1. The van der Waals surface area contributed by atoms with Gasteiger partial charge in [0, 0.05) is 29.9 Å². The van der Waals surface area contributed by atoms with E-state index in [1.54, 1.807) is 23.1 Å². The Morgan fingerprint density at radius 3 is 2.14 bits per heavy atom. The van der Waals surface area contributed by atoms with Gasteiger partial charge in [-0.3, -0.25) is 9.59 Å². The summed E-state index contributed by atoms with van der Waals surface area (Å²) in [5.74, 6) is -0.244. The van der Waals surface area contributed by atoms with E-state index < -0.39 is 0 Å². The van der Waals surface area contributed by atoms with Crippen LogP contribution in [0.4, 0.5) is 5.69 Å². The van der Waals surface area contributed by atoms with Crippen LogP contribution in [0.3, 0.4) is 0 Å². The van der Waals surface area contributed by atoms with E-state index in [0.717, 1.165) is 11.1 Å². The fraction of sp³-hybridized carbons (Fsp3) is 0.167. The van der Waals surface area contributed by atoms with Crippen molar-refractivity contribution in [3.05, 3.63) is 101 Å². The lowest BCUT2D eigenvalue weighted by molar-refractivity contribution is 0.0752. The molecule has 0 aliphatic carbocycles. The molecular formula is C24H24N2O2. The van der Waals surface area contributed by atoms with Gasteiger partial charge in [0.05, 0.1) is 0 Å². The van der Waals surface area contributed by atoms with Crippen LogP contribution in [0, 0.1) is 6.92 Å². The molecule has 3 aromatic carbocycles. The second-order valence-corrected chi connectivity index (χ2v) is 6.65. The molecule has 3 rings (SSSR count). The number of aryl methyl sites for hydroxylation is 1. The first kappa shape index (κ1) is 19.4. The molecule has 0 aromatic heterocycles. The van der Waals surface area contributed by atoms with Gasteiger partial charge in [-0.05, 0) is 49.2 Å². The lowest BCUT2D eigenvalue weighted by Gasteiger charge is -2.22. The Balaban J connectivity index is 1.79. The molecule has 0 heterocycles. The second kappa shape index (κ2) is 9.00. The average molecular weight is 372 g/mol. The van der Waals surface area contributed by atoms with Gasteiger partial charge in [0.1, 0.15) is 0 Å². The van der Waals surface area contributed by atoms with Crippen LogP contribution in [-0.4, -0.2) is 23.3 Å². The first-order valence-corrected chi connectivity index (χ1v) is 9.38. The Morgan fingerprint density at radius 2 is 1.50 bits per heavy atom. The molecule has 0 spiro atoms. The van der Waals surface area contributed by atoms with Gasteiger partial charge in [-0.15, -0.1) is 0 Å². The summed E-state index contributed by atoms with van der Waals surface area (Å²) in [6, 6.07) is 24.4. The monoisotopic (exact) mass is 372 g/mol. The minimum absolute atomic E-state index is 0.0541. The van der Waals surface area contributed by atoms with Gasteiger partial charge in [-0.2, -0.15) is 0 Å². The maximum absolute atomic E-state index is 13.0. The summed E-state index contributed by atoms with van der Waals surface area (Å²) >= 11 is 0. The van der Waals surface area contributed by atoms with Crippen molar-refractivity contribution in [1.29, 1.82) is 0 Å². The number of benzene rings is 3. The van der Waals surface area contributed by atoms with Crippen molar-refractivity contribution < 1.29 is 9.59 Å². The standard InChI is InChI=1S/C24H24N2O2/c1-3-26(17-19-10-6-4-7-11-19)24(28)21-15-14-18(2)22(16-21)25-23(27)20-12-8-5-9-13-20/h4-16H,3,17H2,1-2H3,(H,25,27). The third-order valence-corrected chi connectivity index (χ3v) is 4.65. The van der Waals surface area contributed by atoms with Gasteiger partial charge in [0.25, 0.3) is 11.8 Å². The van der Waals surface area contributed by atoms with Gasteiger partial charge >= 0.3 is 0 Å². The topological polar surface area (TPSA) is 49.4 Å². The number of rotatable bonds is 6. The summed E-state index contributed by atoms with van der Waals surface area (Å²) < 4.78 is 0. The smallest absolute Gasteiger partial charge is 0.255 e. The van der Waals surface area contributed by atoms with E-state index in [9.17, 15) is 9.59 Å². The Morgan fingerprint density at radius 1 is 0.857 bits per heavy atom. The van der Waals surface area contributed by atoms with Crippen molar-refractivity contribution in [3.63, 3.8) is 0 Å². The third kappa shape index (κ3) is 4.65. The number of carbonyl (C=O) groups is 2. The largest absolute Gasteiger partial charge is 0.335 e. The maximum Gasteiger partial charge on any atom is 0.255 e. The molecular weight excluding hydrogens is 348 g/mol. The molecule has 0 saturated heterocycles.